The minimum absolute atomic E-state index is 0.164. The second-order valence-electron chi connectivity index (χ2n) is 3.50. The lowest BCUT2D eigenvalue weighted by Crippen LogP contribution is -2.37. The Hall–Kier alpha value is -0.600. The van der Waals surface area contributed by atoms with E-state index in [4.69, 9.17) is 4.74 Å². The number of hydrogen-bond donors (Lipinski definition) is 0. The van der Waals surface area contributed by atoms with Crippen molar-refractivity contribution >= 4 is 5.97 Å². The van der Waals surface area contributed by atoms with E-state index in [1.807, 2.05) is 6.92 Å². The molecule has 2 nitrogen and oxygen atoms in total. The van der Waals surface area contributed by atoms with Gasteiger partial charge in [-0.3, -0.25) is 4.79 Å². The highest BCUT2D eigenvalue weighted by Crippen LogP contribution is 2.28. The molecule has 0 N–H and O–H groups in total. The van der Waals surface area contributed by atoms with Gasteiger partial charge in [0.25, 0.3) is 0 Å². The molecule has 3 heteroatoms. The number of rotatable bonds is 1. The summed E-state index contributed by atoms with van der Waals surface area (Å²) in [6.45, 7) is 3.26. The SMILES string of the molecule is CC(=O)O[C@@H]1C(C)CCCC1F. The molecule has 2 unspecified atom stereocenters. The zero-order valence-corrected chi connectivity index (χ0v) is 7.55. The summed E-state index contributed by atoms with van der Waals surface area (Å²) < 4.78 is 18.1. The normalized spacial score (nSPS) is 36.1. The van der Waals surface area contributed by atoms with E-state index in [-0.39, 0.29) is 11.9 Å². The smallest absolute Gasteiger partial charge is 0.303 e. The lowest BCUT2D eigenvalue weighted by Gasteiger charge is -2.30. The summed E-state index contributed by atoms with van der Waals surface area (Å²) in [6, 6.07) is 0. The highest BCUT2D eigenvalue weighted by atomic mass is 19.1. The van der Waals surface area contributed by atoms with Crippen molar-refractivity contribution in [3.05, 3.63) is 0 Å². The van der Waals surface area contributed by atoms with E-state index in [1.165, 1.54) is 6.92 Å². The van der Waals surface area contributed by atoms with E-state index in [9.17, 15) is 9.18 Å². The minimum atomic E-state index is -0.961. The first-order valence-electron chi connectivity index (χ1n) is 4.42. The van der Waals surface area contributed by atoms with Crippen LogP contribution in [0.25, 0.3) is 0 Å². The molecule has 1 aliphatic carbocycles. The van der Waals surface area contributed by atoms with Gasteiger partial charge in [0, 0.05) is 6.92 Å². The molecule has 1 rings (SSSR count). The fraction of sp³-hybridized carbons (Fsp3) is 0.889. The van der Waals surface area contributed by atoms with Gasteiger partial charge >= 0.3 is 5.97 Å². The van der Waals surface area contributed by atoms with E-state index in [0.29, 0.717) is 6.42 Å². The van der Waals surface area contributed by atoms with Crippen LogP contribution in [0, 0.1) is 5.92 Å². The first-order valence-corrected chi connectivity index (χ1v) is 4.42. The van der Waals surface area contributed by atoms with Crippen molar-refractivity contribution in [1.29, 1.82) is 0 Å². The lowest BCUT2D eigenvalue weighted by molar-refractivity contribution is -0.155. The summed E-state index contributed by atoms with van der Waals surface area (Å²) >= 11 is 0. The molecule has 0 spiro atoms. The molecule has 70 valence electrons. The molecule has 0 aromatic rings. The van der Waals surface area contributed by atoms with Crippen LogP contribution in [0.4, 0.5) is 4.39 Å². The van der Waals surface area contributed by atoms with E-state index in [2.05, 4.69) is 0 Å². The van der Waals surface area contributed by atoms with E-state index in [1.54, 1.807) is 0 Å². The highest BCUT2D eigenvalue weighted by molar-refractivity contribution is 5.66. The Kier molecular flexibility index (Phi) is 3.06. The number of halogens is 1. The summed E-state index contributed by atoms with van der Waals surface area (Å²) in [5.41, 5.74) is 0. The van der Waals surface area contributed by atoms with Gasteiger partial charge in [0.05, 0.1) is 0 Å². The van der Waals surface area contributed by atoms with Crippen LogP contribution in [0.1, 0.15) is 33.1 Å². The minimum Gasteiger partial charge on any atom is -0.459 e. The third-order valence-corrected chi connectivity index (χ3v) is 2.36. The third kappa shape index (κ3) is 2.19. The molecule has 1 saturated carbocycles. The second kappa shape index (κ2) is 3.87. The molecule has 0 aromatic carbocycles. The van der Waals surface area contributed by atoms with E-state index >= 15 is 0 Å². The molecular formula is C9H15FO2. The van der Waals surface area contributed by atoms with Crippen LogP contribution in [0.3, 0.4) is 0 Å². The largest absolute Gasteiger partial charge is 0.459 e. The lowest BCUT2D eigenvalue weighted by atomic mass is 9.86. The van der Waals surface area contributed by atoms with Gasteiger partial charge in [-0.2, -0.15) is 0 Å². The predicted octanol–water partition coefficient (Wildman–Crippen LogP) is 2.08. The fourth-order valence-corrected chi connectivity index (χ4v) is 1.70. The van der Waals surface area contributed by atoms with Crippen molar-refractivity contribution in [2.75, 3.05) is 0 Å². The molecule has 0 radical (unpaired) electrons. The molecule has 0 saturated heterocycles. The number of ether oxygens (including phenoxy) is 1. The van der Waals surface area contributed by atoms with Gasteiger partial charge in [-0.25, -0.2) is 4.39 Å². The van der Waals surface area contributed by atoms with Gasteiger partial charge < -0.3 is 4.74 Å². The first kappa shape index (κ1) is 9.49. The van der Waals surface area contributed by atoms with Crippen molar-refractivity contribution in [2.45, 2.75) is 45.4 Å². The van der Waals surface area contributed by atoms with Gasteiger partial charge in [-0.05, 0) is 18.8 Å². The molecule has 12 heavy (non-hydrogen) atoms. The third-order valence-electron chi connectivity index (χ3n) is 2.36. The van der Waals surface area contributed by atoms with Crippen molar-refractivity contribution < 1.29 is 13.9 Å². The zero-order valence-electron chi connectivity index (χ0n) is 7.55. The van der Waals surface area contributed by atoms with Crippen LogP contribution in [-0.4, -0.2) is 18.2 Å². The Bertz CT molecular complexity index is 160. The Morgan fingerprint density at radius 3 is 2.67 bits per heavy atom. The topological polar surface area (TPSA) is 26.3 Å². The molecule has 0 heterocycles. The fourth-order valence-electron chi connectivity index (χ4n) is 1.70. The highest BCUT2D eigenvalue weighted by Gasteiger charge is 2.32. The van der Waals surface area contributed by atoms with Gasteiger partial charge in [-0.15, -0.1) is 0 Å². The number of esters is 1. The maximum atomic E-state index is 13.2. The second-order valence-corrected chi connectivity index (χ2v) is 3.50. The van der Waals surface area contributed by atoms with Gasteiger partial charge in [0.2, 0.25) is 0 Å². The maximum absolute atomic E-state index is 13.2. The summed E-state index contributed by atoms with van der Waals surface area (Å²) in [4.78, 5) is 10.6. The molecule has 0 aromatic heterocycles. The summed E-state index contributed by atoms with van der Waals surface area (Å²) in [6.07, 6.45) is 0.926. The van der Waals surface area contributed by atoms with Gasteiger partial charge in [-0.1, -0.05) is 13.3 Å². The van der Waals surface area contributed by atoms with E-state index in [0.717, 1.165) is 12.8 Å². The molecular weight excluding hydrogens is 159 g/mol. The Morgan fingerprint density at radius 1 is 1.50 bits per heavy atom. The average Bonchev–Trinajstić information content (AvgIpc) is 1.97. The zero-order chi connectivity index (χ0) is 9.14. The monoisotopic (exact) mass is 174 g/mol. The van der Waals surface area contributed by atoms with Crippen LogP contribution in [0.5, 0.6) is 0 Å². The number of carbonyl (C=O) groups excluding carboxylic acids is 1. The Morgan fingerprint density at radius 2 is 2.17 bits per heavy atom. The van der Waals surface area contributed by atoms with Gasteiger partial charge in [0.15, 0.2) is 0 Å². The maximum Gasteiger partial charge on any atom is 0.303 e. The van der Waals surface area contributed by atoms with Crippen LogP contribution < -0.4 is 0 Å². The van der Waals surface area contributed by atoms with Crippen LogP contribution in [0.2, 0.25) is 0 Å². The first-order chi connectivity index (χ1) is 5.61. The van der Waals surface area contributed by atoms with Crippen LogP contribution in [0.15, 0.2) is 0 Å². The number of hydrogen-bond acceptors (Lipinski definition) is 2. The molecule has 1 fully saturated rings. The quantitative estimate of drug-likeness (QED) is 0.569. The van der Waals surface area contributed by atoms with Crippen LogP contribution in [-0.2, 0) is 9.53 Å². The molecule has 0 amide bonds. The average molecular weight is 174 g/mol. The summed E-state index contributed by atoms with van der Waals surface area (Å²) in [7, 11) is 0. The van der Waals surface area contributed by atoms with E-state index < -0.39 is 12.3 Å². The summed E-state index contributed by atoms with van der Waals surface area (Å²) in [5, 5.41) is 0. The Labute approximate surface area is 72.1 Å². The molecule has 1 aliphatic rings. The Balaban J connectivity index is 2.50. The summed E-state index contributed by atoms with van der Waals surface area (Å²) in [5.74, 6) is -0.214. The number of alkyl halides is 1. The standard InChI is InChI=1S/C9H15FO2/c1-6-4-3-5-8(10)9(6)12-7(2)11/h6,8-9H,3-5H2,1-2H3/t6?,8?,9-/m1/s1. The van der Waals surface area contributed by atoms with Crippen molar-refractivity contribution in [3.63, 3.8) is 0 Å². The number of carbonyl (C=O) groups is 1. The molecule has 3 atom stereocenters. The van der Waals surface area contributed by atoms with Crippen molar-refractivity contribution in [3.8, 4) is 0 Å². The predicted molar refractivity (Wildman–Crippen MR) is 43.5 cm³/mol. The van der Waals surface area contributed by atoms with Crippen LogP contribution >= 0.6 is 0 Å². The molecule has 0 bridgehead atoms. The molecule has 0 aliphatic heterocycles. The van der Waals surface area contributed by atoms with Crippen molar-refractivity contribution in [1.82, 2.24) is 0 Å². The van der Waals surface area contributed by atoms with Gasteiger partial charge in [0.1, 0.15) is 12.3 Å². The van der Waals surface area contributed by atoms with Crippen molar-refractivity contribution in [2.24, 2.45) is 5.92 Å².